The van der Waals surface area contributed by atoms with Gasteiger partial charge in [0.1, 0.15) is 0 Å². The average molecular weight is 160 g/mol. The Morgan fingerprint density at radius 3 is 1.75 bits per heavy atom. The molecule has 0 saturated carbocycles. The minimum atomic E-state index is 1.000. The molecule has 0 radical (unpaired) electrons. The highest BCUT2D eigenvalue weighted by Gasteiger charge is 2.04. The number of rotatable bonds is 4. The third kappa shape index (κ3) is 2.23. The number of hydrogen-bond donors (Lipinski definition) is 0. The Hall–Kier alpha value is -1.04. The first-order valence-electron chi connectivity index (χ1n) is 4.48. The Morgan fingerprint density at radius 2 is 1.42 bits per heavy atom. The quantitative estimate of drug-likeness (QED) is 0.549. The SMILES string of the molecule is C=CCC1=CCCC=C1CC=C. The lowest BCUT2D eigenvalue weighted by Gasteiger charge is -2.13. The molecule has 0 fully saturated rings. The Kier molecular flexibility index (Phi) is 3.59. The molecule has 0 saturated heterocycles. The molecule has 1 rings (SSSR count). The molecule has 0 heteroatoms. The molecule has 0 unspecified atom stereocenters. The number of hydrogen-bond acceptors (Lipinski definition) is 0. The Morgan fingerprint density at radius 1 is 1.00 bits per heavy atom. The maximum atomic E-state index is 3.76. The van der Waals surface area contributed by atoms with E-state index < -0.39 is 0 Å². The van der Waals surface area contributed by atoms with Crippen molar-refractivity contribution in [3.63, 3.8) is 0 Å². The maximum Gasteiger partial charge on any atom is -0.0101 e. The van der Waals surface area contributed by atoms with E-state index in [2.05, 4.69) is 25.3 Å². The third-order valence-corrected chi connectivity index (χ3v) is 2.09. The molecule has 0 heterocycles. The molecule has 0 nitrogen and oxygen atoms in total. The molecule has 1 aliphatic rings. The summed E-state index contributed by atoms with van der Waals surface area (Å²) in [4.78, 5) is 0. The topological polar surface area (TPSA) is 0 Å². The van der Waals surface area contributed by atoms with Crippen LogP contribution in [0.4, 0.5) is 0 Å². The van der Waals surface area contributed by atoms with Crippen LogP contribution in [-0.4, -0.2) is 0 Å². The molecule has 0 spiro atoms. The molecule has 0 atom stereocenters. The average Bonchev–Trinajstić information content (AvgIpc) is 2.09. The van der Waals surface area contributed by atoms with Crippen LogP contribution in [0.2, 0.25) is 0 Å². The van der Waals surface area contributed by atoms with Crippen LogP contribution in [0.25, 0.3) is 0 Å². The molecule has 0 aliphatic heterocycles. The van der Waals surface area contributed by atoms with Gasteiger partial charge in [-0.1, -0.05) is 24.3 Å². The molecular formula is C12H16. The van der Waals surface area contributed by atoms with Gasteiger partial charge in [-0.15, -0.1) is 13.2 Å². The molecular weight excluding hydrogens is 144 g/mol. The zero-order chi connectivity index (χ0) is 8.81. The summed E-state index contributed by atoms with van der Waals surface area (Å²) in [5, 5.41) is 0. The highest BCUT2D eigenvalue weighted by atomic mass is 14.1. The van der Waals surface area contributed by atoms with Gasteiger partial charge in [0.25, 0.3) is 0 Å². The van der Waals surface area contributed by atoms with E-state index in [9.17, 15) is 0 Å². The maximum absolute atomic E-state index is 3.76. The Labute approximate surface area is 75.0 Å². The van der Waals surface area contributed by atoms with E-state index in [1.165, 1.54) is 24.0 Å². The van der Waals surface area contributed by atoms with Gasteiger partial charge in [-0.25, -0.2) is 0 Å². The van der Waals surface area contributed by atoms with Crippen LogP contribution >= 0.6 is 0 Å². The highest BCUT2D eigenvalue weighted by molar-refractivity contribution is 5.36. The van der Waals surface area contributed by atoms with Crippen LogP contribution in [0.1, 0.15) is 25.7 Å². The second-order valence-corrected chi connectivity index (χ2v) is 3.02. The standard InChI is InChI=1S/C12H16/c1-3-7-11-9-5-6-10-12(11)8-4-2/h3-4,9-10H,1-2,5-8H2. The molecule has 0 amide bonds. The van der Waals surface area contributed by atoms with Crippen molar-refractivity contribution in [1.82, 2.24) is 0 Å². The van der Waals surface area contributed by atoms with Crippen LogP contribution in [0, 0.1) is 0 Å². The van der Waals surface area contributed by atoms with Gasteiger partial charge in [0, 0.05) is 0 Å². The van der Waals surface area contributed by atoms with Crippen molar-refractivity contribution < 1.29 is 0 Å². The van der Waals surface area contributed by atoms with Gasteiger partial charge in [-0.05, 0) is 36.8 Å². The largest absolute Gasteiger partial charge is 0.103 e. The summed E-state index contributed by atoms with van der Waals surface area (Å²) < 4.78 is 0. The monoisotopic (exact) mass is 160 g/mol. The fraction of sp³-hybridized carbons (Fsp3) is 0.333. The predicted molar refractivity (Wildman–Crippen MR) is 55.0 cm³/mol. The van der Waals surface area contributed by atoms with E-state index in [4.69, 9.17) is 0 Å². The van der Waals surface area contributed by atoms with Crippen molar-refractivity contribution >= 4 is 0 Å². The van der Waals surface area contributed by atoms with E-state index in [1.54, 1.807) is 0 Å². The molecule has 0 N–H and O–H groups in total. The first kappa shape index (κ1) is 9.05. The minimum Gasteiger partial charge on any atom is -0.103 e. The van der Waals surface area contributed by atoms with Crippen molar-refractivity contribution in [2.45, 2.75) is 25.7 Å². The summed E-state index contributed by atoms with van der Waals surface area (Å²) in [5.41, 5.74) is 2.88. The molecule has 1 aliphatic carbocycles. The van der Waals surface area contributed by atoms with Gasteiger partial charge in [0.05, 0.1) is 0 Å². The summed E-state index contributed by atoms with van der Waals surface area (Å²) in [6.45, 7) is 7.51. The Balaban J connectivity index is 2.67. The molecule has 12 heavy (non-hydrogen) atoms. The van der Waals surface area contributed by atoms with Crippen LogP contribution in [0.3, 0.4) is 0 Å². The lowest BCUT2D eigenvalue weighted by atomic mass is 9.93. The van der Waals surface area contributed by atoms with Crippen molar-refractivity contribution in [1.29, 1.82) is 0 Å². The van der Waals surface area contributed by atoms with Gasteiger partial charge >= 0.3 is 0 Å². The number of allylic oxidation sites excluding steroid dienone is 6. The van der Waals surface area contributed by atoms with Gasteiger partial charge in [0.2, 0.25) is 0 Å². The fourth-order valence-electron chi connectivity index (χ4n) is 1.52. The molecule has 0 aromatic rings. The van der Waals surface area contributed by atoms with E-state index >= 15 is 0 Å². The van der Waals surface area contributed by atoms with Gasteiger partial charge < -0.3 is 0 Å². The van der Waals surface area contributed by atoms with Crippen molar-refractivity contribution in [2.24, 2.45) is 0 Å². The molecule has 64 valence electrons. The van der Waals surface area contributed by atoms with Crippen molar-refractivity contribution in [2.75, 3.05) is 0 Å². The summed E-state index contributed by atoms with van der Waals surface area (Å²) in [6.07, 6.45) is 12.9. The first-order chi connectivity index (χ1) is 5.88. The van der Waals surface area contributed by atoms with Gasteiger partial charge in [-0.3, -0.25) is 0 Å². The lowest BCUT2D eigenvalue weighted by molar-refractivity contribution is 0.954. The molecule has 0 aromatic heterocycles. The zero-order valence-electron chi connectivity index (χ0n) is 7.55. The first-order valence-corrected chi connectivity index (χ1v) is 4.48. The zero-order valence-corrected chi connectivity index (χ0v) is 7.55. The second-order valence-electron chi connectivity index (χ2n) is 3.02. The van der Waals surface area contributed by atoms with Crippen LogP contribution in [0.5, 0.6) is 0 Å². The smallest absolute Gasteiger partial charge is 0.0101 e. The summed E-state index contributed by atoms with van der Waals surface area (Å²) in [7, 11) is 0. The summed E-state index contributed by atoms with van der Waals surface area (Å²) in [5.74, 6) is 0. The van der Waals surface area contributed by atoms with Crippen LogP contribution in [-0.2, 0) is 0 Å². The van der Waals surface area contributed by atoms with Crippen molar-refractivity contribution in [3.05, 3.63) is 48.6 Å². The van der Waals surface area contributed by atoms with E-state index in [0.717, 1.165) is 12.8 Å². The van der Waals surface area contributed by atoms with E-state index in [0.29, 0.717) is 0 Å². The van der Waals surface area contributed by atoms with Crippen molar-refractivity contribution in [3.8, 4) is 0 Å². The van der Waals surface area contributed by atoms with E-state index in [-0.39, 0.29) is 0 Å². The predicted octanol–water partition coefficient (Wildman–Crippen LogP) is 3.79. The van der Waals surface area contributed by atoms with Crippen LogP contribution in [0.15, 0.2) is 48.6 Å². The highest BCUT2D eigenvalue weighted by Crippen LogP contribution is 2.24. The summed E-state index contributed by atoms with van der Waals surface area (Å²) in [6, 6.07) is 0. The van der Waals surface area contributed by atoms with Gasteiger partial charge in [-0.2, -0.15) is 0 Å². The fourth-order valence-corrected chi connectivity index (χ4v) is 1.52. The van der Waals surface area contributed by atoms with Gasteiger partial charge in [0.15, 0.2) is 0 Å². The lowest BCUT2D eigenvalue weighted by Crippen LogP contribution is -1.93. The normalized spacial score (nSPS) is 16.3. The Bertz CT molecular complexity index is 202. The third-order valence-electron chi connectivity index (χ3n) is 2.09. The molecule has 0 bridgehead atoms. The minimum absolute atomic E-state index is 1.000. The summed E-state index contributed by atoms with van der Waals surface area (Å²) >= 11 is 0. The van der Waals surface area contributed by atoms with Crippen LogP contribution < -0.4 is 0 Å². The molecule has 0 aromatic carbocycles. The second kappa shape index (κ2) is 4.76. The van der Waals surface area contributed by atoms with E-state index in [1.807, 2.05) is 12.2 Å².